The maximum Gasteiger partial charge on any atom is 0.308 e. The van der Waals surface area contributed by atoms with Gasteiger partial charge in [0.15, 0.2) is 0 Å². The van der Waals surface area contributed by atoms with Gasteiger partial charge in [-0.05, 0) is 19.8 Å². The molecular formula is C10H14N4O2. The monoisotopic (exact) mass is 222 g/mol. The van der Waals surface area contributed by atoms with Crippen LogP contribution in [0.2, 0.25) is 0 Å². The zero-order valence-corrected chi connectivity index (χ0v) is 9.03. The molecule has 6 heteroatoms. The van der Waals surface area contributed by atoms with Crippen LogP contribution in [0.15, 0.2) is 0 Å². The Morgan fingerprint density at radius 2 is 2.25 bits per heavy atom. The molecule has 0 unspecified atom stereocenters. The predicted octanol–water partition coefficient (Wildman–Crippen LogP) is 0.569. The Balaban J connectivity index is 2.22. The molecule has 16 heavy (non-hydrogen) atoms. The van der Waals surface area contributed by atoms with Crippen molar-refractivity contribution in [3.63, 3.8) is 0 Å². The maximum absolute atomic E-state index is 10.6. The molecule has 2 rings (SSSR count). The summed E-state index contributed by atoms with van der Waals surface area (Å²) in [5.74, 6) is -0.189. The van der Waals surface area contributed by atoms with Crippen molar-refractivity contribution in [3.8, 4) is 0 Å². The van der Waals surface area contributed by atoms with Crippen molar-refractivity contribution < 1.29 is 9.90 Å². The van der Waals surface area contributed by atoms with E-state index in [1.807, 2.05) is 0 Å². The average molecular weight is 222 g/mol. The van der Waals surface area contributed by atoms with Crippen LogP contribution in [0.5, 0.6) is 0 Å². The molecular weight excluding hydrogens is 208 g/mol. The van der Waals surface area contributed by atoms with Gasteiger partial charge in [-0.2, -0.15) is 4.98 Å². The number of nitrogens with one attached hydrogen (secondary N) is 1. The number of carboxylic acids is 1. The van der Waals surface area contributed by atoms with E-state index >= 15 is 0 Å². The number of anilines is 2. The second-order valence-electron chi connectivity index (χ2n) is 3.99. The van der Waals surface area contributed by atoms with Crippen molar-refractivity contribution in [1.29, 1.82) is 0 Å². The van der Waals surface area contributed by atoms with Gasteiger partial charge in [-0.3, -0.25) is 4.79 Å². The molecule has 0 amide bonds. The lowest BCUT2D eigenvalue weighted by atomic mass is 10.1. The van der Waals surface area contributed by atoms with Crippen molar-refractivity contribution in [1.82, 2.24) is 9.97 Å². The number of nitrogens with zero attached hydrogens (tertiary/aromatic N) is 2. The third-order valence-electron chi connectivity index (χ3n) is 2.48. The number of hydrogen-bond acceptors (Lipinski definition) is 5. The minimum absolute atomic E-state index is 0.138. The molecule has 1 fully saturated rings. The van der Waals surface area contributed by atoms with Crippen LogP contribution >= 0.6 is 0 Å². The third kappa shape index (κ3) is 2.39. The van der Waals surface area contributed by atoms with Gasteiger partial charge in [0, 0.05) is 17.3 Å². The van der Waals surface area contributed by atoms with Crippen molar-refractivity contribution in [2.45, 2.75) is 32.2 Å². The van der Waals surface area contributed by atoms with Crippen LogP contribution in [0.1, 0.15) is 24.1 Å². The second-order valence-corrected chi connectivity index (χ2v) is 3.99. The van der Waals surface area contributed by atoms with E-state index in [2.05, 4.69) is 15.3 Å². The maximum atomic E-state index is 10.6. The lowest BCUT2D eigenvalue weighted by molar-refractivity contribution is -0.136. The molecule has 1 aliphatic carbocycles. The highest BCUT2D eigenvalue weighted by Gasteiger charge is 2.22. The number of nitrogen functional groups attached to an aromatic ring is 1. The number of aryl methyl sites for hydroxylation is 1. The van der Waals surface area contributed by atoms with Crippen LogP contribution in [0.4, 0.5) is 11.8 Å². The number of nitrogens with two attached hydrogens (primary N) is 1. The zero-order chi connectivity index (χ0) is 11.7. The largest absolute Gasteiger partial charge is 0.481 e. The summed E-state index contributed by atoms with van der Waals surface area (Å²) in [7, 11) is 0. The molecule has 86 valence electrons. The molecule has 1 heterocycles. The highest BCUT2D eigenvalue weighted by Crippen LogP contribution is 2.24. The molecule has 4 N–H and O–H groups in total. The second kappa shape index (κ2) is 3.96. The Hall–Kier alpha value is -1.85. The summed E-state index contributed by atoms with van der Waals surface area (Å²) in [4.78, 5) is 18.9. The number of aromatic nitrogens is 2. The normalized spacial score (nSPS) is 14.8. The van der Waals surface area contributed by atoms with Crippen LogP contribution in [0.3, 0.4) is 0 Å². The van der Waals surface area contributed by atoms with Gasteiger partial charge in [0.2, 0.25) is 5.95 Å². The van der Waals surface area contributed by atoms with E-state index in [1.54, 1.807) is 6.92 Å². The molecule has 1 saturated carbocycles. The molecule has 0 aliphatic heterocycles. The van der Waals surface area contributed by atoms with Gasteiger partial charge in [0.25, 0.3) is 0 Å². The van der Waals surface area contributed by atoms with E-state index in [0.29, 0.717) is 23.2 Å². The molecule has 1 aliphatic rings. The molecule has 0 radical (unpaired) electrons. The van der Waals surface area contributed by atoms with Crippen LogP contribution in [0.25, 0.3) is 0 Å². The van der Waals surface area contributed by atoms with Gasteiger partial charge in [-0.15, -0.1) is 0 Å². The fraction of sp³-hybridized carbons (Fsp3) is 0.500. The van der Waals surface area contributed by atoms with Crippen LogP contribution < -0.4 is 11.1 Å². The summed E-state index contributed by atoms with van der Waals surface area (Å²) < 4.78 is 0. The number of aliphatic carboxylic acids is 1. The van der Waals surface area contributed by atoms with E-state index in [1.165, 1.54) is 0 Å². The lowest BCUT2D eigenvalue weighted by Gasteiger charge is -2.09. The van der Waals surface area contributed by atoms with Crippen molar-refractivity contribution >= 4 is 17.7 Å². The van der Waals surface area contributed by atoms with Gasteiger partial charge in [-0.1, -0.05) is 0 Å². The Labute approximate surface area is 92.9 Å². The first-order valence-corrected chi connectivity index (χ1v) is 5.17. The number of carbonyl (C=O) groups is 1. The molecule has 0 saturated heterocycles. The van der Waals surface area contributed by atoms with E-state index in [0.717, 1.165) is 12.8 Å². The molecule has 0 atom stereocenters. The van der Waals surface area contributed by atoms with Crippen LogP contribution in [-0.2, 0) is 11.2 Å². The smallest absolute Gasteiger partial charge is 0.308 e. The molecule has 1 aromatic rings. The topological polar surface area (TPSA) is 101 Å². The van der Waals surface area contributed by atoms with Crippen molar-refractivity contribution in [3.05, 3.63) is 11.3 Å². The number of carboxylic acid groups (broad SMARTS) is 1. The fourth-order valence-corrected chi connectivity index (χ4v) is 1.46. The Bertz CT molecular complexity index is 406. The van der Waals surface area contributed by atoms with E-state index in [9.17, 15) is 4.79 Å². The quantitative estimate of drug-likeness (QED) is 0.688. The Morgan fingerprint density at radius 1 is 1.56 bits per heavy atom. The summed E-state index contributed by atoms with van der Waals surface area (Å²) in [6.45, 7) is 1.74. The summed E-state index contributed by atoms with van der Waals surface area (Å²) in [5, 5.41) is 11.8. The van der Waals surface area contributed by atoms with Gasteiger partial charge >= 0.3 is 5.97 Å². The first-order chi connectivity index (χ1) is 7.56. The van der Waals surface area contributed by atoms with Crippen LogP contribution in [0, 0.1) is 6.92 Å². The van der Waals surface area contributed by atoms with E-state index in [-0.39, 0.29) is 12.2 Å². The van der Waals surface area contributed by atoms with E-state index < -0.39 is 5.97 Å². The van der Waals surface area contributed by atoms with Crippen molar-refractivity contribution in [2.75, 3.05) is 11.1 Å². The summed E-state index contributed by atoms with van der Waals surface area (Å²) in [6.07, 6.45) is 2.11. The number of hydrogen-bond donors (Lipinski definition) is 3. The summed E-state index contributed by atoms with van der Waals surface area (Å²) >= 11 is 0. The van der Waals surface area contributed by atoms with Gasteiger partial charge in [0.05, 0.1) is 6.42 Å². The average Bonchev–Trinajstić information content (AvgIpc) is 2.95. The molecule has 0 spiro atoms. The Kier molecular flexibility index (Phi) is 2.64. The zero-order valence-electron chi connectivity index (χ0n) is 9.03. The number of rotatable bonds is 4. The Morgan fingerprint density at radius 3 is 2.75 bits per heavy atom. The molecule has 1 aromatic heterocycles. The summed E-state index contributed by atoms with van der Waals surface area (Å²) in [5.41, 5.74) is 6.83. The van der Waals surface area contributed by atoms with Gasteiger partial charge in [-0.25, -0.2) is 4.98 Å². The van der Waals surface area contributed by atoms with E-state index in [4.69, 9.17) is 10.8 Å². The molecule has 6 nitrogen and oxygen atoms in total. The minimum atomic E-state index is -0.929. The highest BCUT2D eigenvalue weighted by atomic mass is 16.4. The highest BCUT2D eigenvalue weighted by molar-refractivity contribution is 5.72. The third-order valence-corrected chi connectivity index (χ3v) is 2.48. The lowest BCUT2D eigenvalue weighted by Crippen LogP contribution is -2.13. The van der Waals surface area contributed by atoms with Crippen LogP contribution in [-0.4, -0.2) is 27.1 Å². The predicted molar refractivity (Wildman–Crippen MR) is 59.2 cm³/mol. The fourth-order valence-electron chi connectivity index (χ4n) is 1.46. The van der Waals surface area contributed by atoms with Gasteiger partial charge < -0.3 is 16.2 Å². The van der Waals surface area contributed by atoms with Crippen molar-refractivity contribution in [2.24, 2.45) is 0 Å². The molecule has 0 aromatic carbocycles. The van der Waals surface area contributed by atoms with Gasteiger partial charge in [0.1, 0.15) is 5.82 Å². The molecule has 0 bridgehead atoms. The standard InChI is InChI=1S/C10H14N4O2/c1-5-7(4-8(15)16)9(11)14-10(12-5)13-6-2-3-6/h6H,2-4H2,1H3,(H,15,16)(H3,11,12,13,14). The minimum Gasteiger partial charge on any atom is -0.481 e. The SMILES string of the molecule is Cc1nc(NC2CC2)nc(N)c1CC(=O)O. The summed E-state index contributed by atoms with van der Waals surface area (Å²) in [6, 6.07) is 0.448. The first-order valence-electron chi connectivity index (χ1n) is 5.17. The first kappa shape index (κ1) is 10.7.